The van der Waals surface area contributed by atoms with E-state index in [0.717, 1.165) is 23.1 Å². The number of nitrogens with zero attached hydrogens (tertiary/aromatic N) is 2. The van der Waals surface area contributed by atoms with Gasteiger partial charge < -0.3 is 5.32 Å². The maximum Gasteiger partial charge on any atom is 0.292 e. The fourth-order valence-electron chi connectivity index (χ4n) is 1.56. The molecule has 1 N–H and O–H groups in total. The fourth-order valence-corrected chi connectivity index (χ4v) is 2.33. The Morgan fingerprint density at radius 3 is 2.95 bits per heavy atom. The Balaban J connectivity index is 2.22. The molecule has 1 aromatic carbocycles. The molecule has 19 heavy (non-hydrogen) atoms. The van der Waals surface area contributed by atoms with Crippen LogP contribution >= 0.6 is 11.3 Å². The summed E-state index contributed by atoms with van der Waals surface area (Å²) < 4.78 is 13.1. The lowest BCUT2D eigenvalue weighted by Crippen LogP contribution is -2.03. The summed E-state index contributed by atoms with van der Waals surface area (Å²) in [5.41, 5.74) is 0.412. The molecule has 7 heteroatoms. The van der Waals surface area contributed by atoms with E-state index in [1.165, 1.54) is 11.3 Å². The number of nitro groups is 1. The van der Waals surface area contributed by atoms with Crippen molar-refractivity contribution >= 4 is 22.7 Å². The molecule has 5 nitrogen and oxygen atoms in total. The molecule has 0 radical (unpaired) electrons. The Morgan fingerprint density at radius 1 is 1.47 bits per heavy atom. The summed E-state index contributed by atoms with van der Waals surface area (Å²) in [4.78, 5) is 11.0. The fraction of sp³-hybridized carbons (Fsp3) is 0.0833. The predicted octanol–water partition coefficient (Wildman–Crippen LogP) is 3.28. The Kier molecular flexibility index (Phi) is 3.73. The maximum atomic E-state index is 13.1. The van der Waals surface area contributed by atoms with Gasteiger partial charge >= 0.3 is 0 Å². The van der Waals surface area contributed by atoms with Crippen molar-refractivity contribution in [3.8, 4) is 6.07 Å². The zero-order valence-electron chi connectivity index (χ0n) is 9.59. The third kappa shape index (κ3) is 2.86. The van der Waals surface area contributed by atoms with Crippen LogP contribution in [0, 0.1) is 27.3 Å². The Bertz CT molecular complexity index is 663. The first-order valence-electron chi connectivity index (χ1n) is 5.26. The van der Waals surface area contributed by atoms with Crippen LogP contribution in [0.1, 0.15) is 10.4 Å². The second-order valence-corrected chi connectivity index (χ2v) is 4.64. The number of anilines is 1. The molecule has 0 saturated heterocycles. The van der Waals surface area contributed by atoms with Gasteiger partial charge in [0.2, 0.25) is 0 Å². The molecule has 0 atom stereocenters. The van der Waals surface area contributed by atoms with Crippen molar-refractivity contribution in [1.82, 2.24) is 0 Å². The van der Waals surface area contributed by atoms with Crippen LogP contribution in [0.15, 0.2) is 29.6 Å². The van der Waals surface area contributed by atoms with Gasteiger partial charge in [-0.05, 0) is 17.5 Å². The zero-order valence-corrected chi connectivity index (χ0v) is 10.4. The van der Waals surface area contributed by atoms with Crippen molar-refractivity contribution in [2.24, 2.45) is 0 Å². The summed E-state index contributed by atoms with van der Waals surface area (Å²) in [6.45, 7) is 0.241. The SMILES string of the molecule is N#Cc1ccsc1CNc1cc(F)ccc1[N+](=O)[O-]. The number of thiophene rings is 1. The lowest BCUT2D eigenvalue weighted by molar-refractivity contribution is -0.384. The number of halogens is 1. The van der Waals surface area contributed by atoms with E-state index in [4.69, 9.17) is 5.26 Å². The van der Waals surface area contributed by atoms with E-state index in [1.54, 1.807) is 11.4 Å². The molecule has 1 aromatic heterocycles. The predicted molar refractivity (Wildman–Crippen MR) is 69.4 cm³/mol. The van der Waals surface area contributed by atoms with Crippen LogP contribution in [0.4, 0.5) is 15.8 Å². The topological polar surface area (TPSA) is 79.0 Å². The number of nitro benzene ring substituents is 1. The minimum atomic E-state index is -0.582. The molecular weight excluding hydrogens is 269 g/mol. The second-order valence-electron chi connectivity index (χ2n) is 3.64. The van der Waals surface area contributed by atoms with E-state index in [0.29, 0.717) is 5.56 Å². The van der Waals surface area contributed by atoms with Gasteiger partial charge in [-0.3, -0.25) is 10.1 Å². The average molecular weight is 277 g/mol. The van der Waals surface area contributed by atoms with Crippen molar-refractivity contribution in [2.45, 2.75) is 6.54 Å². The first-order chi connectivity index (χ1) is 9.11. The molecule has 0 unspecified atom stereocenters. The van der Waals surface area contributed by atoms with E-state index >= 15 is 0 Å². The molecule has 0 spiro atoms. The van der Waals surface area contributed by atoms with Gasteiger partial charge in [-0.1, -0.05) is 0 Å². The highest BCUT2D eigenvalue weighted by molar-refractivity contribution is 7.10. The first-order valence-corrected chi connectivity index (χ1v) is 6.14. The smallest absolute Gasteiger partial charge is 0.292 e. The number of nitrogens with one attached hydrogen (secondary N) is 1. The van der Waals surface area contributed by atoms with Crippen molar-refractivity contribution in [3.63, 3.8) is 0 Å². The monoisotopic (exact) mass is 277 g/mol. The quantitative estimate of drug-likeness (QED) is 0.687. The second kappa shape index (κ2) is 5.46. The maximum absolute atomic E-state index is 13.1. The van der Waals surface area contributed by atoms with Crippen LogP contribution in [0.5, 0.6) is 0 Å². The molecule has 0 aliphatic heterocycles. The summed E-state index contributed by atoms with van der Waals surface area (Å²) in [7, 11) is 0. The Labute approximate surface area is 112 Å². The van der Waals surface area contributed by atoms with Crippen molar-refractivity contribution in [1.29, 1.82) is 5.26 Å². The van der Waals surface area contributed by atoms with E-state index in [1.807, 2.05) is 6.07 Å². The molecular formula is C12H8FN3O2S. The normalized spacial score (nSPS) is 9.89. The molecule has 0 aliphatic rings. The number of hydrogen-bond acceptors (Lipinski definition) is 5. The van der Waals surface area contributed by atoms with Crippen LogP contribution in [-0.4, -0.2) is 4.92 Å². The van der Waals surface area contributed by atoms with Gasteiger partial charge in [0, 0.05) is 17.0 Å². The van der Waals surface area contributed by atoms with E-state index in [-0.39, 0.29) is 17.9 Å². The minimum Gasteiger partial charge on any atom is -0.374 e. The van der Waals surface area contributed by atoms with Crippen LogP contribution in [0.25, 0.3) is 0 Å². The van der Waals surface area contributed by atoms with Gasteiger partial charge in [0.15, 0.2) is 0 Å². The lowest BCUT2D eigenvalue weighted by Gasteiger charge is -2.06. The zero-order chi connectivity index (χ0) is 13.8. The van der Waals surface area contributed by atoms with Crippen molar-refractivity contribution < 1.29 is 9.31 Å². The number of rotatable bonds is 4. The van der Waals surface area contributed by atoms with Gasteiger partial charge in [0.25, 0.3) is 5.69 Å². The standard InChI is InChI=1S/C12H8FN3O2S/c13-9-1-2-11(16(17)18)10(5-9)15-7-12-8(6-14)3-4-19-12/h1-5,15H,7H2. The molecule has 2 aromatic rings. The van der Waals surface area contributed by atoms with Gasteiger partial charge in [0.05, 0.1) is 17.0 Å². The lowest BCUT2D eigenvalue weighted by atomic mass is 10.2. The molecule has 0 amide bonds. The van der Waals surface area contributed by atoms with E-state index < -0.39 is 10.7 Å². The van der Waals surface area contributed by atoms with Crippen LogP contribution < -0.4 is 5.32 Å². The number of nitriles is 1. The summed E-state index contributed by atoms with van der Waals surface area (Å²) in [5, 5.41) is 24.2. The summed E-state index contributed by atoms with van der Waals surface area (Å²) in [6.07, 6.45) is 0. The van der Waals surface area contributed by atoms with Crippen molar-refractivity contribution in [2.75, 3.05) is 5.32 Å². The number of hydrogen-bond donors (Lipinski definition) is 1. The summed E-state index contributed by atoms with van der Waals surface area (Å²) >= 11 is 1.36. The van der Waals surface area contributed by atoms with Crippen LogP contribution in [0.2, 0.25) is 0 Å². The first kappa shape index (κ1) is 13.0. The highest BCUT2D eigenvalue weighted by Crippen LogP contribution is 2.26. The molecule has 0 saturated carbocycles. The highest BCUT2D eigenvalue weighted by atomic mass is 32.1. The average Bonchev–Trinajstić information content (AvgIpc) is 2.83. The number of benzene rings is 1. The summed E-state index contributed by atoms with van der Waals surface area (Å²) in [6, 6.07) is 6.90. The molecule has 0 fully saturated rings. The molecule has 1 heterocycles. The third-order valence-corrected chi connectivity index (χ3v) is 3.38. The van der Waals surface area contributed by atoms with Crippen LogP contribution in [0.3, 0.4) is 0 Å². The highest BCUT2D eigenvalue weighted by Gasteiger charge is 2.14. The molecule has 0 bridgehead atoms. The molecule has 96 valence electrons. The van der Waals surface area contributed by atoms with Gasteiger partial charge in [-0.15, -0.1) is 11.3 Å². The van der Waals surface area contributed by atoms with Gasteiger partial charge in [-0.2, -0.15) is 5.26 Å². The van der Waals surface area contributed by atoms with Crippen molar-refractivity contribution in [3.05, 3.63) is 56.0 Å². The summed E-state index contributed by atoms with van der Waals surface area (Å²) in [5.74, 6) is -0.556. The minimum absolute atomic E-state index is 0.0993. The molecule has 2 rings (SSSR count). The molecule has 0 aliphatic carbocycles. The Hall–Kier alpha value is -2.46. The largest absolute Gasteiger partial charge is 0.374 e. The Morgan fingerprint density at radius 2 is 2.26 bits per heavy atom. The van der Waals surface area contributed by atoms with E-state index in [9.17, 15) is 14.5 Å². The third-order valence-electron chi connectivity index (χ3n) is 2.46. The van der Waals surface area contributed by atoms with Gasteiger partial charge in [0.1, 0.15) is 17.6 Å². The van der Waals surface area contributed by atoms with Gasteiger partial charge in [-0.25, -0.2) is 4.39 Å². The van der Waals surface area contributed by atoms with E-state index in [2.05, 4.69) is 5.32 Å². The van der Waals surface area contributed by atoms with Crippen LogP contribution in [-0.2, 0) is 6.54 Å².